The summed E-state index contributed by atoms with van der Waals surface area (Å²) in [7, 11) is 1.23. The topological polar surface area (TPSA) is 27.7 Å². The molecule has 0 saturated carbocycles. The average Bonchev–Trinajstić information content (AvgIpc) is 2.10. The van der Waals surface area contributed by atoms with Crippen molar-refractivity contribution in [3.63, 3.8) is 0 Å². The van der Waals surface area contributed by atoms with Gasteiger partial charge in [-0.15, -0.1) is 11.6 Å². The van der Waals surface area contributed by atoms with Crippen LogP contribution in [-0.4, -0.2) is 48.8 Å². The van der Waals surface area contributed by atoms with E-state index in [9.17, 15) is 0 Å². The zero-order chi connectivity index (χ0) is 9.07. The van der Waals surface area contributed by atoms with Gasteiger partial charge in [0, 0.05) is 25.8 Å². The van der Waals surface area contributed by atoms with Crippen LogP contribution in [0.4, 0.5) is 0 Å². The van der Waals surface area contributed by atoms with Crippen LogP contribution in [0.1, 0.15) is 6.42 Å². The maximum Gasteiger partial charge on any atom is 0.176 e. The third-order valence-electron chi connectivity index (χ3n) is 1.23. The summed E-state index contributed by atoms with van der Waals surface area (Å²) < 4.78 is 15.3. The Morgan fingerprint density at radius 1 is 1.17 bits per heavy atom. The van der Waals surface area contributed by atoms with Gasteiger partial charge < -0.3 is 13.9 Å². The van der Waals surface area contributed by atoms with Crippen molar-refractivity contribution in [3.05, 3.63) is 0 Å². The summed E-state index contributed by atoms with van der Waals surface area (Å²) in [6.45, 7) is 2.87. The van der Waals surface area contributed by atoms with Crippen molar-refractivity contribution < 1.29 is 13.9 Å². The summed E-state index contributed by atoms with van der Waals surface area (Å²) in [5, 5.41) is 0. The second kappa shape index (κ2) is 11.4. The zero-order valence-electron chi connectivity index (χ0n) is 7.55. The van der Waals surface area contributed by atoms with Gasteiger partial charge in [0.05, 0.1) is 13.2 Å². The fourth-order valence-corrected chi connectivity index (χ4v) is 1.51. The van der Waals surface area contributed by atoms with Crippen molar-refractivity contribution in [2.45, 2.75) is 6.42 Å². The summed E-state index contributed by atoms with van der Waals surface area (Å²) in [5.41, 5.74) is 0.699. The van der Waals surface area contributed by atoms with Gasteiger partial charge in [-0.1, -0.05) is 0 Å². The molecule has 0 fully saturated rings. The molecule has 0 radical (unpaired) electrons. The molecule has 0 amide bonds. The SMILES string of the molecule is COCCOCCCO[SiH2]CCl. The summed E-state index contributed by atoms with van der Waals surface area (Å²) in [6.07, 6.45) is 0.952. The van der Waals surface area contributed by atoms with E-state index in [0.717, 1.165) is 19.6 Å². The van der Waals surface area contributed by atoms with Gasteiger partial charge >= 0.3 is 0 Å². The first-order chi connectivity index (χ1) is 5.91. The van der Waals surface area contributed by atoms with Crippen molar-refractivity contribution in [3.8, 4) is 0 Å². The molecular formula is C7H17ClO3Si. The molecule has 3 nitrogen and oxygen atoms in total. The van der Waals surface area contributed by atoms with E-state index in [1.54, 1.807) is 7.11 Å². The van der Waals surface area contributed by atoms with Gasteiger partial charge in [0.25, 0.3) is 0 Å². The minimum Gasteiger partial charge on any atom is -0.423 e. The highest BCUT2D eigenvalue weighted by atomic mass is 35.5. The molecule has 0 rings (SSSR count). The van der Waals surface area contributed by atoms with E-state index < -0.39 is 9.76 Å². The fourth-order valence-electron chi connectivity index (χ4n) is 0.664. The number of ether oxygens (including phenoxy) is 2. The molecule has 0 bridgehead atoms. The molecule has 0 atom stereocenters. The molecule has 0 aromatic heterocycles. The normalized spacial score (nSPS) is 11.5. The summed E-state index contributed by atoms with van der Waals surface area (Å²) >= 11 is 5.47. The number of methoxy groups -OCH3 is 1. The standard InChI is InChI=1S/C7H17ClO3Si/c1-9-5-6-10-3-2-4-11-12-7-8/h2-7,12H2,1H3. The minimum atomic E-state index is -0.437. The van der Waals surface area contributed by atoms with Crippen molar-refractivity contribution in [1.29, 1.82) is 0 Å². The van der Waals surface area contributed by atoms with Gasteiger partial charge in [0.2, 0.25) is 0 Å². The van der Waals surface area contributed by atoms with Gasteiger partial charge in [-0.05, 0) is 6.42 Å². The largest absolute Gasteiger partial charge is 0.423 e. The maximum atomic E-state index is 5.47. The van der Waals surface area contributed by atoms with Crippen molar-refractivity contribution in [2.75, 3.05) is 39.0 Å². The molecule has 74 valence electrons. The van der Waals surface area contributed by atoms with Crippen molar-refractivity contribution in [2.24, 2.45) is 0 Å². The molecule has 5 heteroatoms. The van der Waals surface area contributed by atoms with E-state index >= 15 is 0 Å². The minimum absolute atomic E-state index is 0.437. The Kier molecular flexibility index (Phi) is 11.8. The Morgan fingerprint density at radius 3 is 2.67 bits per heavy atom. The smallest absolute Gasteiger partial charge is 0.176 e. The van der Waals surface area contributed by atoms with Gasteiger partial charge in [-0.25, -0.2) is 0 Å². The van der Waals surface area contributed by atoms with Crippen molar-refractivity contribution in [1.82, 2.24) is 0 Å². The highest BCUT2D eigenvalue weighted by molar-refractivity contribution is 6.45. The van der Waals surface area contributed by atoms with Crippen LogP contribution in [0.5, 0.6) is 0 Å². The molecule has 0 unspecified atom stereocenters. The van der Waals surface area contributed by atoms with E-state index in [2.05, 4.69) is 0 Å². The first-order valence-corrected chi connectivity index (χ1v) is 6.23. The summed E-state index contributed by atoms with van der Waals surface area (Å²) in [6, 6.07) is 0. The number of alkyl halides is 1. The molecule has 0 aliphatic heterocycles. The number of rotatable bonds is 9. The highest BCUT2D eigenvalue weighted by Crippen LogP contribution is 1.85. The molecule has 0 aliphatic carbocycles. The van der Waals surface area contributed by atoms with Crippen LogP contribution in [0.3, 0.4) is 0 Å². The third-order valence-corrected chi connectivity index (χ3v) is 2.43. The van der Waals surface area contributed by atoms with E-state index in [1.807, 2.05) is 0 Å². The molecule has 0 aromatic carbocycles. The van der Waals surface area contributed by atoms with Gasteiger partial charge in [0.15, 0.2) is 9.76 Å². The van der Waals surface area contributed by atoms with E-state index in [-0.39, 0.29) is 0 Å². The first kappa shape index (κ1) is 12.4. The second-order valence-electron chi connectivity index (χ2n) is 2.26. The van der Waals surface area contributed by atoms with Crippen LogP contribution in [0.25, 0.3) is 0 Å². The number of halogens is 1. The predicted molar refractivity (Wildman–Crippen MR) is 52.5 cm³/mol. The Balaban J connectivity index is 2.73. The maximum absolute atomic E-state index is 5.47. The Hall–Kier alpha value is 0.387. The molecule has 0 aliphatic rings. The number of hydrogen-bond donors (Lipinski definition) is 0. The second-order valence-corrected chi connectivity index (χ2v) is 4.59. The van der Waals surface area contributed by atoms with Crippen molar-refractivity contribution >= 4 is 21.4 Å². The molecule has 12 heavy (non-hydrogen) atoms. The lowest BCUT2D eigenvalue weighted by Gasteiger charge is -2.03. The lowest BCUT2D eigenvalue weighted by molar-refractivity contribution is 0.0647. The average molecular weight is 213 g/mol. The lowest BCUT2D eigenvalue weighted by Crippen LogP contribution is -2.07. The van der Waals surface area contributed by atoms with E-state index in [1.165, 1.54) is 0 Å². The van der Waals surface area contributed by atoms with Crippen LogP contribution in [-0.2, 0) is 13.9 Å². The molecular weight excluding hydrogens is 196 g/mol. The fraction of sp³-hybridized carbons (Fsp3) is 1.00. The monoisotopic (exact) mass is 212 g/mol. The molecule has 0 aromatic rings. The van der Waals surface area contributed by atoms with Gasteiger partial charge in [-0.2, -0.15) is 0 Å². The first-order valence-electron chi connectivity index (χ1n) is 4.12. The van der Waals surface area contributed by atoms with Gasteiger partial charge in [0.1, 0.15) is 0 Å². The molecule has 0 saturated heterocycles. The number of hydrogen-bond acceptors (Lipinski definition) is 3. The Bertz CT molecular complexity index is 75.1. The van der Waals surface area contributed by atoms with Crippen LogP contribution in [0.15, 0.2) is 0 Å². The Labute approximate surface area is 81.3 Å². The molecule has 0 heterocycles. The lowest BCUT2D eigenvalue weighted by atomic mass is 10.5. The quantitative estimate of drug-likeness (QED) is 0.313. The molecule has 0 N–H and O–H groups in total. The zero-order valence-corrected chi connectivity index (χ0v) is 9.72. The summed E-state index contributed by atoms with van der Waals surface area (Å²) in [5.74, 6) is 0. The third kappa shape index (κ3) is 10.4. The van der Waals surface area contributed by atoms with Crippen LogP contribution in [0, 0.1) is 0 Å². The highest BCUT2D eigenvalue weighted by Gasteiger charge is 1.89. The Morgan fingerprint density at radius 2 is 2.00 bits per heavy atom. The van der Waals surface area contributed by atoms with Crippen LogP contribution >= 0.6 is 11.6 Å². The van der Waals surface area contributed by atoms with Gasteiger partial charge in [-0.3, -0.25) is 0 Å². The van der Waals surface area contributed by atoms with E-state index in [4.69, 9.17) is 25.5 Å². The summed E-state index contributed by atoms with van der Waals surface area (Å²) in [4.78, 5) is 0. The molecule has 0 spiro atoms. The van der Waals surface area contributed by atoms with E-state index in [0.29, 0.717) is 18.7 Å². The van der Waals surface area contributed by atoms with Crippen LogP contribution < -0.4 is 0 Å². The van der Waals surface area contributed by atoms with Crippen LogP contribution in [0.2, 0.25) is 0 Å². The predicted octanol–water partition coefficient (Wildman–Crippen LogP) is 0.336.